The lowest BCUT2D eigenvalue weighted by Gasteiger charge is -1.94. The third-order valence-electron chi connectivity index (χ3n) is 1.55. The number of hydrogen-bond donors (Lipinski definition) is 1. The smallest absolute Gasteiger partial charge is 0.149 e. The molecule has 3 nitrogen and oxygen atoms in total. The highest BCUT2D eigenvalue weighted by molar-refractivity contribution is 6.29. The lowest BCUT2D eigenvalue weighted by molar-refractivity contribution is 1.15. The lowest BCUT2D eigenvalue weighted by Crippen LogP contribution is -1.86. The van der Waals surface area contributed by atoms with E-state index in [4.69, 9.17) is 17.3 Å². The second-order valence-electron chi connectivity index (χ2n) is 2.23. The summed E-state index contributed by atoms with van der Waals surface area (Å²) in [6, 6.07) is 5.50. The molecule has 2 rings (SSSR count). The molecule has 2 N–H and O–H groups in total. The Bertz CT molecular complexity index is 393. The SMILES string of the molecule is Nc1ncn2c(Cl)cccc12. The number of aromatic nitrogens is 2. The number of hydrogen-bond acceptors (Lipinski definition) is 2. The van der Waals surface area contributed by atoms with Crippen molar-refractivity contribution in [1.82, 2.24) is 9.38 Å². The van der Waals surface area contributed by atoms with E-state index in [1.807, 2.05) is 12.1 Å². The average Bonchev–Trinajstić information content (AvgIpc) is 2.35. The second-order valence-corrected chi connectivity index (χ2v) is 2.62. The van der Waals surface area contributed by atoms with Gasteiger partial charge in [0.05, 0.1) is 5.52 Å². The molecule has 0 unspecified atom stereocenters. The summed E-state index contributed by atoms with van der Waals surface area (Å²) in [5.41, 5.74) is 6.40. The molecule has 11 heavy (non-hydrogen) atoms. The first-order valence-electron chi connectivity index (χ1n) is 3.16. The fourth-order valence-electron chi connectivity index (χ4n) is 1.01. The molecule has 2 aromatic heterocycles. The zero-order valence-electron chi connectivity index (χ0n) is 5.66. The van der Waals surface area contributed by atoms with Crippen LogP contribution < -0.4 is 5.73 Å². The Kier molecular flexibility index (Phi) is 1.26. The van der Waals surface area contributed by atoms with Gasteiger partial charge in [0.2, 0.25) is 0 Å². The van der Waals surface area contributed by atoms with Crippen molar-refractivity contribution >= 4 is 22.9 Å². The predicted octanol–water partition coefficient (Wildman–Crippen LogP) is 1.57. The van der Waals surface area contributed by atoms with Crippen molar-refractivity contribution in [3.05, 3.63) is 29.7 Å². The van der Waals surface area contributed by atoms with Gasteiger partial charge in [-0.25, -0.2) is 4.98 Å². The minimum Gasteiger partial charge on any atom is -0.382 e. The van der Waals surface area contributed by atoms with Gasteiger partial charge in [0.25, 0.3) is 0 Å². The highest BCUT2D eigenvalue weighted by Gasteiger charge is 2.00. The van der Waals surface area contributed by atoms with E-state index < -0.39 is 0 Å². The Morgan fingerprint density at radius 3 is 3.00 bits per heavy atom. The molecule has 56 valence electrons. The van der Waals surface area contributed by atoms with Crippen LogP contribution >= 0.6 is 11.6 Å². The van der Waals surface area contributed by atoms with Crippen LogP contribution in [0.15, 0.2) is 24.5 Å². The highest BCUT2D eigenvalue weighted by atomic mass is 35.5. The average molecular weight is 168 g/mol. The summed E-state index contributed by atoms with van der Waals surface area (Å²) in [7, 11) is 0. The molecule has 0 atom stereocenters. The van der Waals surface area contributed by atoms with Gasteiger partial charge in [-0.2, -0.15) is 0 Å². The molecule has 2 heterocycles. The number of nitrogens with two attached hydrogens (primary N) is 1. The molecule has 0 aliphatic rings. The lowest BCUT2D eigenvalue weighted by atomic mass is 10.4. The minimum absolute atomic E-state index is 0.507. The summed E-state index contributed by atoms with van der Waals surface area (Å²) in [6.45, 7) is 0. The van der Waals surface area contributed by atoms with E-state index in [1.165, 1.54) is 0 Å². The van der Waals surface area contributed by atoms with Gasteiger partial charge in [0.15, 0.2) is 0 Å². The minimum atomic E-state index is 0.507. The van der Waals surface area contributed by atoms with Crippen LogP contribution in [0.25, 0.3) is 5.52 Å². The normalized spacial score (nSPS) is 10.6. The first kappa shape index (κ1) is 6.49. The molecule has 0 bridgehead atoms. The van der Waals surface area contributed by atoms with Crippen LogP contribution in [-0.4, -0.2) is 9.38 Å². The van der Waals surface area contributed by atoms with Gasteiger partial charge in [0, 0.05) is 0 Å². The van der Waals surface area contributed by atoms with Crippen LogP contribution in [0.2, 0.25) is 5.15 Å². The van der Waals surface area contributed by atoms with E-state index in [9.17, 15) is 0 Å². The monoisotopic (exact) mass is 167 g/mol. The molecule has 0 aromatic carbocycles. The van der Waals surface area contributed by atoms with Crippen molar-refractivity contribution in [1.29, 1.82) is 0 Å². The largest absolute Gasteiger partial charge is 0.382 e. The van der Waals surface area contributed by atoms with Crippen molar-refractivity contribution in [3.8, 4) is 0 Å². The van der Waals surface area contributed by atoms with Crippen LogP contribution in [0.4, 0.5) is 5.82 Å². The standard InChI is InChI=1S/C7H6ClN3/c8-6-3-1-2-5-7(9)10-4-11(5)6/h1-4H,9H2. The molecular weight excluding hydrogens is 162 g/mol. The van der Waals surface area contributed by atoms with E-state index >= 15 is 0 Å². The van der Waals surface area contributed by atoms with Crippen LogP contribution in [0.3, 0.4) is 0 Å². The summed E-state index contributed by atoms with van der Waals surface area (Å²) >= 11 is 5.84. The van der Waals surface area contributed by atoms with Crippen molar-refractivity contribution in [2.75, 3.05) is 5.73 Å². The van der Waals surface area contributed by atoms with E-state index in [1.54, 1.807) is 16.8 Å². The molecule has 4 heteroatoms. The number of rotatable bonds is 0. The summed E-state index contributed by atoms with van der Waals surface area (Å²) in [5, 5.41) is 0.617. The highest BCUT2D eigenvalue weighted by Crippen LogP contribution is 2.16. The number of imidazole rings is 1. The Hall–Kier alpha value is -1.22. The summed E-state index contributed by atoms with van der Waals surface area (Å²) in [5.74, 6) is 0.507. The topological polar surface area (TPSA) is 43.3 Å². The Balaban J connectivity index is 2.94. The number of halogens is 1. The Morgan fingerprint density at radius 1 is 1.45 bits per heavy atom. The van der Waals surface area contributed by atoms with Gasteiger partial charge in [-0.15, -0.1) is 0 Å². The zero-order valence-corrected chi connectivity index (χ0v) is 6.42. The molecule has 0 amide bonds. The fraction of sp³-hybridized carbons (Fsp3) is 0. The van der Waals surface area contributed by atoms with Gasteiger partial charge >= 0.3 is 0 Å². The fourth-order valence-corrected chi connectivity index (χ4v) is 1.21. The summed E-state index contributed by atoms with van der Waals surface area (Å²) < 4.78 is 1.73. The summed E-state index contributed by atoms with van der Waals surface area (Å²) in [6.07, 6.45) is 1.60. The van der Waals surface area contributed by atoms with Gasteiger partial charge < -0.3 is 5.73 Å². The van der Waals surface area contributed by atoms with E-state index in [0.29, 0.717) is 11.0 Å². The maximum Gasteiger partial charge on any atom is 0.149 e. The molecule has 0 aliphatic carbocycles. The zero-order chi connectivity index (χ0) is 7.84. The van der Waals surface area contributed by atoms with E-state index in [2.05, 4.69) is 4.98 Å². The van der Waals surface area contributed by atoms with Crippen LogP contribution in [0, 0.1) is 0 Å². The van der Waals surface area contributed by atoms with Crippen LogP contribution in [-0.2, 0) is 0 Å². The van der Waals surface area contributed by atoms with Crippen LogP contribution in [0.5, 0.6) is 0 Å². The summed E-state index contributed by atoms with van der Waals surface area (Å²) in [4.78, 5) is 3.91. The number of nitrogen functional groups attached to an aromatic ring is 1. The number of fused-ring (bicyclic) bond motifs is 1. The molecule has 2 aromatic rings. The molecule has 0 radical (unpaired) electrons. The Morgan fingerprint density at radius 2 is 2.27 bits per heavy atom. The van der Waals surface area contributed by atoms with Gasteiger partial charge in [0.1, 0.15) is 17.3 Å². The van der Waals surface area contributed by atoms with E-state index in [-0.39, 0.29) is 0 Å². The first-order chi connectivity index (χ1) is 5.29. The van der Waals surface area contributed by atoms with Crippen molar-refractivity contribution in [3.63, 3.8) is 0 Å². The van der Waals surface area contributed by atoms with Crippen molar-refractivity contribution in [2.24, 2.45) is 0 Å². The number of anilines is 1. The van der Waals surface area contributed by atoms with Crippen molar-refractivity contribution < 1.29 is 0 Å². The van der Waals surface area contributed by atoms with Crippen LogP contribution in [0.1, 0.15) is 0 Å². The van der Waals surface area contributed by atoms with E-state index in [0.717, 1.165) is 5.52 Å². The molecule has 0 saturated carbocycles. The molecular formula is C7H6ClN3. The molecule has 0 fully saturated rings. The predicted molar refractivity (Wildman–Crippen MR) is 44.6 cm³/mol. The second kappa shape index (κ2) is 2.13. The Labute approximate surface area is 68.4 Å². The first-order valence-corrected chi connectivity index (χ1v) is 3.54. The molecule has 0 saturated heterocycles. The molecule has 0 aliphatic heterocycles. The maximum atomic E-state index is 5.84. The van der Waals surface area contributed by atoms with Gasteiger partial charge in [-0.1, -0.05) is 17.7 Å². The third-order valence-corrected chi connectivity index (χ3v) is 1.86. The maximum absolute atomic E-state index is 5.84. The number of nitrogens with zero attached hydrogens (tertiary/aromatic N) is 2. The molecule has 0 spiro atoms. The quantitative estimate of drug-likeness (QED) is 0.606. The van der Waals surface area contributed by atoms with Gasteiger partial charge in [-0.3, -0.25) is 4.40 Å². The number of pyridine rings is 1. The van der Waals surface area contributed by atoms with Gasteiger partial charge in [-0.05, 0) is 12.1 Å². The van der Waals surface area contributed by atoms with Crippen molar-refractivity contribution in [2.45, 2.75) is 0 Å². The third kappa shape index (κ3) is 0.851.